The normalized spacial score (nSPS) is 11.5. The summed E-state index contributed by atoms with van der Waals surface area (Å²) in [7, 11) is -2.10. The Kier molecular flexibility index (Phi) is 6.72. The van der Waals surface area contributed by atoms with Crippen LogP contribution in [-0.2, 0) is 21.4 Å². The van der Waals surface area contributed by atoms with Crippen molar-refractivity contribution in [3.8, 4) is 5.75 Å². The van der Waals surface area contributed by atoms with Crippen LogP contribution in [0.2, 0.25) is 0 Å². The SMILES string of the molecule is CN(Cc1ccccc1)S(=O)(=O)c1ccc(OCC(=O)Nc2cccc3ccccc23)cc1. The molecule has 7 heteroatoms. The van der Waals surface area contributed by atoms with Crippen LogP contribution in [0.1, 0.15) is 5.56 Å². The Bertz CT molecular complexity index is 1350. The van der Waals surface area contributed by atoms with Crippen LogP contribution in [0.4, 0.5) is 5.69 Å². The van der Waals surface area contributed by atoms with Crippen LogP contribution in [0, 0.1) is 0 Å². The van der Waals surface area contributed by atoms with Gasteiger partial charge in [0, 0.05) is 24.7 Å². The summed E-state index contributed by atoms with van der Waals surface area (Å²) in [6.07, 6.45) is 0. The number of rotatable bonds is 8. The van der Waals surface area contributed by atoms with E-state index >= 15 is 0 Å². The smallest absolute Gasteiger partial charge is 0.262 e. The third kappa shape index (κ3) is 5.39. The number of benzene rings is 4. The van der Waals surface area contributed by atoms with E-state index in [9.17, 15) is 13.2 Å². The molecule has 4 aromatic rings. The van der Waals surface area contributed by atoms with Crippen molar-refractivity contribution in [1.29, 1.82) is 0 Å². The predicted octanol–water partition coefficient (Wildman–Crippen LogP) is 4.68. The molecule has 0 radical (unpaired) electrons. The fourth-order valence-electron chi connectivity index (χ4n) is 3.48. The van der Waals surface area contributed by atoms with Crippen molar-refractivity contribution in [2.24, 2.45) is 0 Å². The highest BCUT2D eigenvalue weighted by atomic mass is 32.2. The van der Waals surface area contributed by atoms with Gasteiger partial charge in [0.25, 0.3) is 5.91 Å². The molecule has 0 atom stereocenters. The molecule has 0 saturated carbocycles. The number of nitrogens with zero attached hydrogens (tertiary/aromatic N) is 1. The molecular formula is C26H24N2O4S. The second-order valence-electron chi connectivity index (χ2n) is 7.58. The monoisotopic (exact) mass is 460 g/mol. The van der Waals surface area contributed by atoms with Crippen LogP contribution < -0.4 is 10.1 Å². The minimum atomic E-state index is -3.65. The highest BCUT2D eigenvalue weighted by molar-refractivity contribution is 7.89. The molecular weight excluding hydrogens is 436 g/mol. The van der Waals surface area contributed by atoms with Gasteiger partial charge in [0.1, 0.15) is 5.75 Å². The van der Waals surface area contributed by atoms with E-state index in [2.05, 4.69) is 5.32 Å². The van der Waals surface area contributed by atoms with E-state index in [4.69, 9.17) is 4.74 Å². The van der Waals surface area contributed by atoms with Crippen LogP contribution in [0.15, 0.2) is 102 Å². The lowest BCUT2D eigenvalue weighted by Gasteiger charge is -2.17. The van der Waals surface area contributed by atoms with Crippen molar-refractivity contribution >= 4 is 32.4 Å². The Morgan fingerprint density at radius 3 is 2.27 bits per heavy atom. The number of nitrogens with one attached hydrogen (secondary N) is 1. The standard InChI is InChI=1S/C26H24N2O4S/c1-28(18-20-8-3-2-4-9-20)33(30,31)23-16-14-22(15-17-23)32-19-26(29)27-25-13-7-11-21-10-5-6-12-24(21)25/h2-17H,18-19H2,1H3,(H,27,29). The molecule has 1 N–H and O–H groups in total. The molecule has 0 bridgehead atoms. The highest BCUT2D eigenvalue weighted by Gasteiger charge is 2.21. The van der Waals surface area contributed by atoms with Crippen LogP contribution in [0.5, 0.6) is 5.75 Å². The van der Waals surface area contributed by atoms with E-state index in [0.29, 0.717) is 11.4 Å². The van der Waals surface area contributed by atoms with E-state index in [1.807, 2.05) is 72.8 Å². The fourth-order valence-corrected chi connectivity index (χ4v) is 4.64. The van der Waals surface area contributed by atoms with Crippen LogP contribution in [-0.4, -0.2) is 32.3 Å². The van der Waals surface area contributed by atoms with Crippen molar-refractivity contribution in [3.05, 3.63) is 103 Å². The highest BCUT2D eigenvalue weighted by Crippen LogP contribution is 2.23. The number of fused-ring (bicyclic) bond motifs is 1. The Balaban J connectivity index is 1.36. The molecule has 0 heterocycles. The van der Waals surface area contributed by atoms with Crippen LogP contribution in [0.3, 0.4) is 0 Å². The summed E-state index contributed by atoms with van der Waals surface area (Å²) in [6.45, 7) is 0.0823. The van der Waals surface area contributed by atoms with E-state index in [1.165, 1.54) is 16.4 Å². The number of amides is 1. The molecule has 4 rings (SSSR count). The molecule has 168 valence electrons. The number of anilines is 1. The van der Waals surface area contributed by atoms with Crippen molar-refractivity contribution in [1.82, 2.24) is 4.31 Å². The first kappa shape index (κ1) is 22.5. The predicted molar refractivity (Wildman–Crippen MR) is 130 cm³/mol. The Labute approximate surface area is 193 Å². The Morgan fingerprint density at radius 2 is 1.52 bits per heavy atom. The van der Waals surface area contributed by atoms with Gasteiger partial charge in [0.15, 0.2) is 6.61 Å². The Morgan fingerprint density at radius 1 is 0.848 bits per heavy atom. The quantitative estimate of drug-likeness (QED) is 0.414. The largest absolute Gasteiger partial charge is 0.484 e. The van der Waals surface area contributed by atoms with Crippen LogP contribution in [0.25, 0.3) is 10.8 Å². The topological polar surface area (TPSA) is 75.7 Å². The molecule has 4 aromatic carbocycles. The zero-order chi connectivity index (χ0) is 23.3. The van der Waals surface area contributed by atoms with Crippen molar-refractivity contribution in [2.75, 3.05) is 19.0 Å². The van der Waals surface area contributed by atoms with Gasteiger partial charge < -0.3 is 10.1 Å². The van der Waals surface area contributed by atoms with Gasteiger partial charge in [0.05, 0.1) is 4.90 Å². The van der Waals surface area contributed by atoms with Gasteiger partial charge in [-0.05, 0) is 41.3 Å². The van der Waals surface area contributed by atoms with Crippen LogP contribution >= 0.6 is 0 Å². The average molecular weight is 461 g/mol. The van der Waals surface area contributed by atoms with Gasteiger partial charge in [-0.25, -0.2) is 8.42 Å². The number of hydrogen-bond acceptors (Lipinski definition) is 4. The van der Waals surface area contributed by atoms with Gasteiger partial charge in [-0.2, -0.15) is 4.31 Å². The van der Waals surface area contributed by atoms with E-state index in [-0.39, 0.29) is 24.0 Å². The average Bonchev–Trinajstić information content (AvgIpc) is 2.84. The molecule has 0 aliphatic heterocycles. The van der Waals surface area contributed by atoms with Gasteiger partial charge in [-0.15, -0.1) is 0 Å². The molecule has 0 fully saturated rings. The lowest BCUT2D eigenvalue weighted by molar-refractivity contribution is -0.118. The van der Waals surface area contributed by atoms with Crippen molar-refractivity contribution < 1.29 is 17.9 Å². The maximum absolute atomic E-state index is 12.8. The second-order valence-corrected chi connectivity index (χ2v) is 9.63. The first-order valence-corrected chi connectivity index (χ1v) is 11.9. The molecule has 33 heavy (non-hydrogen) atoms. The first-order valence-electron chi connectivity index (χ1n) is 10.4. The molecule has 0 saturated heterocycles. The number of sulfonamides is 1. The number of hydrogen-bond donors (Lipinski definition) is 1. The summed E-state index contributed by atoms with van der Waals surface area (Å²) in [5, 5.41) is 4.84. The third-order valence-electron chi connectivity index (χ3n) is 5.21. The molecule has 1 amide bonds. The maximum atomic E-state index is 12.8. The lowest BCUT2D eigenvalue weighted by Crippen LogP contribution is -2.26. The summed E-state index contributed by atoms with van der Waals surface area (Å²) < 4.78 is 32.5. The van der Waals surface area contributed by atoms with Gasteiger partial charge >= 0.3 is 0 Å². The fraction of sp³-hybridized carbons (Fsp3) is 0.115. The van der Waals surface area contributed by atoms with Gasteiger partial charge in [-0.3, -0.25) is 4.79 Å². The van der Waals surface area contributed by atoms with E-state index in [0.717, 1.165) is 16.3 Å². The van der Waals surface area contributed by atoms with Crippen molar-refractivity contribution in [3.63, 3.8) is 0 Å². The zero-order valence-electron chi connectivity index (χ0n) is 18.1. The zero-order valence-corrected chi connectivity index (χ0v) is 19.0. The second kappa shape index (κ2) is 9.85. The minimum Gasteiger partial charge on any atom is -0.484 e. The molecule has 0 aliphatic carbocycles. The number of carbonyl (C=O) groups excluding carboxylic acids is 1. The third-order valence-corrected chi connectivity index (χ3v) is 7.03. The van der Waals surface area contributed by atoms with Gasteiger partial charge in [-0.1, -0.05) is 66.7 Å². The molecule has 0 aromatic heterocycles. The summed E-state index contributed by atoms with van der Waals surface area (Å²) in [5.74, 6) is 0.110. The molecule has 0 spiro atoms. The summed E-state index contributed by atoms with van der Waals surface area (Å²) >= 11 is 0. The summed E-state index contributed by atoms with van der Waals surface area (Å²) in [5.41, 5.74) is 1.62. The van der Waals surface area contributed by atoms with E-state index < -0.39 is 10.0 Å². The summed E-state index contributed by atoms with van der Waals surface area (Å²) in [6, 6.07) is 28.9. The van der Waals surface area contributed by atoms with E-state index in [1.54, 1.807) is 19.2 Å². The molecule has 0 aliphatic rings. The minimum absolute atomic E-state index is 0.161. The van der Waals surface area contributed by atoms with Gasteiger partial charge in [0.2, 0.25) is 10.0 Å². The number of carbonyl (C=O) groups is 1. The maximum Gasteiger partial charge on any atom is 0.262 e. The van der Waals surface area contributed by atoms with Crippen molar-refractivity contribution in [2.45, 2.75) is 11.4 Å². The number of ether oxygens (including phenoxy) is 1. The lowest BCUT2D eigenvalue weighted by atomic mass is 10.1. The molecule has 0 unspecified atom stereocenters. The first-order chi connectivity index (χ1) is 15.9. The Hall–Kier alpha value is -3.68. The molecule has 6 nitrogen and oxygen atoms in total. The summed E-state index contributed by atoms with van der Waals surface area (Å²) in [4.78, 5) is 12.5.